The number of carbonyl (C=O) groups excluding carboxylic acids is 1. The van der Waals surface area contributed by atoms with Crippen molar-refractivity contribution in [2.24, 2.45) is 11.7 Å². The number of nitrogens with two attached hydrogens (primary N) is 1. The fourth-order valence-corrected chi connectivity index (χ4v) is 4.55. The van der Waals surface area contributed by atoms with Gasteiger partial charge in [0.25, 0.3) is 5.91 Å². The Balaban J connectivity index is 0.00000208. The molecule has 1 aliphatic heterocycles. The zero-order valence-corrected chi connectivity index (χ0v) is 16.0. The van der Waals surface area contributed by atoms with Crippen LogP contribution in [-0.2, 0) is 0 Å². The van der Waals surface area contributed by atoms with Gasteiger partial charge >= 0.3 is 0 Å². The molecule has 3 rings (SSSR count). The predicted octanol–water partition coefficient (Wildman–Crippen LogP) is 3.84. The van der Waals surface area contributed by atoms with Crippen molar-refractivity contribution in [2.45, 2.75) is 32.7 Å². The average molecular weight is 369 g/mol. The minimum Gasteiger partial charge on any atom is -0.497 e. The molecule has 0 saturated carbocycles. The Kier molecular flexibility index (Phi) is 6.12. The molecule has 1 amide bonds. The number of hydrogen-bond donors (Lipinski definition) is 1. The number of aryl methyl sites for hydroxylation is 1. The van der Waals surface area contributed by atoms with Crippen LogP contribution in [0.15, 0.2) is 18.2 Å². The Labute approximate surface area is 153 Å². The molecule has 1 saturated heterocycles. The van der Waals surface area contributed by atoms with Crippen molar-refractivity contribution < 1.29 is 9.53 Å². The van der Waals surface area contributed by atoms with Gasteiger partial charge in [0.2, 0.25) is 0 Å². The molecule has 1 aromatic heterocycles. The van der Waals surface area contributed by atoms with Crippen LogP contribution in [0.25, 0.3) is 10.1 Å². The highest BCUT2D eigenvalue weighted by Gasteiger charge is 2.31. The molecule has 2 aromatic rings. The van der Waals surface area contributed by atoms with E-state index in [0.29, 0.717) is 12.5 Å². The third-order valence-corrected chi connectivity index (χ3v) is 6.11. The number of nitrogens with zero attached hydrogens (tertiary/aromatic N) is 1. The van der Waals surface area contributed by atoms with Crippen LogP contribution in [0.5, 0.6) is 5.75 Å². The van der Waals surface area contributed by atoms with Crippen LogP contribution < -0.4 is 10.5 Å². The number of carbonyl (C=O) groups is 1. The van der Waals surface area contributed by atoms with E-state index in [4.69, 9.17) is 10.5 Å². The number of piperidine rings is 1. The van der Waals surface area contributed by atoms with Gasteiger partial charge in [-0.25, -0.2) is 0 Å². The van der Waals surface area contributed by atoms with Crippen LogP contribution in [0.1, 0.15) is 35.0 Å². The summed E-state index contributed by atoms with van der Waals surface area (Å²) in [5.74, 6) is 1.59. The molecule has 0 aliphatic carbocycles. The van der Waals surface area contributed by atoms with E-state index in [1.807, 2.05) is 30.0 Å². The summed E-state index contributed by atoms with van der Waals surface area (Å²) < 4.78 is 6.43. The van der Waals surface area contributed by atoms with Gasteiger partial charge in [0.05, 0.1) is 12.0 Å². The predicted molar refractivity (Wildman–Crippen MR) is 103 cm³/mol. The van der Waals surface area contributed by atoms with E-state index in [9.17, 15) is 4.79 Å². The zero-order chi connectivity index (χ0) is 16.6. The number of ether oxygens (including phenoxy) is 1. The van der Waals surface area contributed by atoms with Crippen LogP contribution in [-0.4, -0.2) is 37.0 Å². The van der Waals surface area contributed by atoms with Gasteiger partial charge in [-0.3, -0.25) is 4.79 Å². The number of rotatable bonds is 3. The minimum absolute atomic E-state index is 0. The number of thiophene rings is 1. The number of hydrogen-bond acceptors (Lipinski definition) is 4. The molecule has 132 valence electrons. The Hall–Kier alpha value is -1.30. The van der Waals surface area contributed by atoms with E-state index < -0.39 is 0 Å². The van der Waals surface area contributed by atoms with Crippen molar-refractivity contribution in [1.29, 1.82) is 0 Å². The van der Waals surface area contributed by atoms with Crippen molar-refractivity contribution in [3.05, 3.63) is 28.6 Å². The normalized spacial score (nSPS) is 20.8. The van der Waals surface area contributed by atoms with Gasteiger partial charge in [-0.2, -0.15) is 0 Å². The highest BCUT2D eigenvalue weighted by Crippen LogP contribution is 2.35. The number of amides is 1. The molecular formula is C18H25ClN2O2S. The van der Waals surface area contributed by atoms with Crippen molar-refractivity contribution >= 4 is 39.7 Å². The average Bonchev–Trinajstić information content (AvgIpc) is 2.90. The quantitative estimate of drug-likeness (QED) is 0.895. The number of likely N-dealkylation sites (tertiary alicyclic amines) is 1. The molecular weight excluding hydrogens is 344 g/mol. The lowest BCUT2D eigenvalue weighted by Gasteiger charge is -2.37. The highest BCUT2D eigenvalue weighted by molar-refractivity contribution is 7.21. The maximum atomic E-state index is 13.1. The van der Waals surface area contributed by atoms with E-state index >= 15 is 0 Å². The molecule has 2 unspecified atom stereocenters. The van der Waals surface area contributed by atoms with E-state index in [1.54, 1.807) is 18.4 Å². The fraction of sp³-hybridized carbons (Fsp3) is 0.500. The molecule has 0 spiro atoms. The SMILES string of the molecule is COc1ccc2sc(C(=O)N3CCC(C)CC3CN)c(C)c2c1.Cl. The van der Waals surface area contributed by atoms with Crippen LogP contribution in [0, 0.1) is 12.8 Å². The zero-order valence-electron chi connectivity index (χ0n) is 14.4. The van der Waals surface area contributed by atoms with Crippen LogP contribution >= 0.6 is 23.7 Å². The second-order valence-corrected chi connectivity index (χ2v) is 7.49. The summed E-state index contributed by atoms with van der Waals surface area (Å²) in [5, 5.41) is 1.10. The van der Waals surface area contributed by atoms with Gasteiger partial charge in [0, 0.05) is 23.8 Å². The summed E-state index contributed by atoms with van der Waals surface area (Å²) in [6.45, 7) is 5.60. The molecule has 4 nitrogen and oxygen atoms in total. The number of methoxy groups -OCH3 is 1. The third kappa shape index (κ3) is 3.39. The van der Waals surface area contributed by atoms with Gasteiger partial charge in [-0.1, -0.05) is 6.92 Å². The highest BCUT2D eigenvalue weighted by atomic mass is 35.5. The molecule has 1 aromatic carbocycles. The molecule has 2 N–H and O–H groups in total. The number of halogens is 1. The maximum absolute atomic E-state index is 13.1. The first-order valence-corrected chi connectivity index (χ1v) is 8.95. The van der Waals surface area contributed by atoms with Gasteiger partial charge in [-0.05, 0) is 54.8 Å². The first-order valence-electron chi connectivity index (χ1n) is 8.13. The van der Waals surface area contributed by atoms with E-state index in [1.165, 1.54) is 0 Å². The van der Waals surface area contributed by atoms with E-state index in [2.05, 4.69) is 6.92 Å². The third-order valence-electron chi connectivity index (χ3n) is 4.85. The second kappa shape index (κ2) is 7.72. The molecule has 2 atom stereocenters. The fourth-order valence-electron chi connectivity index (χ4n) is 3.40. The molecule has 2 heterocycles. The lowest BCUT2D eigenvalue weighted by molar-refractivity contribution is 0.0578. The number of fused-ring (bicyclic) bond motifs is 1. The van der Waals surface area contributed by atoms with Crippen molar-refractivity contribution in [1.82, 2.24) is 4.90 Å². The molecule has 24 heavy (non-hydrogen) atoms. The van der Waals surface area contributed by atoms with Crippen LogP contribution in [0.3, 0.4) is 0 Å². The lowest BCUT2D eigenvalue weighted by Crippen LogP contribution is -2.49. The summed E-state index contributed by atoms with van der Waals surface area (Å²) in [4.78, 5) is 15.9. The van der Waals surface area contributed by atoms with Crippen LogP contribution in [0.2, 0.25) is 0 Å². The summed E-state index contributed by atoms with van der Waals surface area (Å²) in [6, 6.07) is 6.14. The van der Waals surface area contributed by atoms with Crippen LogP contribution in [0.4, 0.5) is 0 Å². The standard InChI is InChI=1S/C18H24N2O2S.ClH/c1-11-6-7-20(13(8-11)10-19)18(21)17-12(2)15-9-14(22-3)4-5-16(15)23-17;/h4-5,9,11,13H,6-8,10,19H2,1-3H3;1H. The Morgan fingerprint density at radius 1 is 1.46 bits per heavy atom. The minimum atomic E-state index is 0. The largest absolute Gasteiger partial charge is 0.497 e. The Morgan fingerprint density at radius 3 is 2.88 bits per heavy atom. The molecule has 6 heteroatoms. The van der Waals surface area contributed by atoms with Gasteiger partial charge in [-0.15, -0.1) is 23.7 Å². The summed E-state index contributed by atoms with van der Waals surface area (Å²) in [7, 11) is 1.66. The Morgan fingerprint density at radius 2 is 2.21 bits per heavy atom. The van der Waals surface area contributed by atoms with Crippen molar-refractivity contribution in [2.75, 3.05) is 20.2 Å². The van der Waals surface area contributed by atoms with E-state index in [0.717, 1.165) is 45.7 Å². The maximum Gasteiger partial charge on any atom is 0.264 e. The molecule has 1 fully saturated rings. The first-order chi connectivity index (χ1) is 11.0. The number of benzene rings is 1. The van der Waals surface area contributed by atoms with E-state index in [-0.39, 0.29) is 24.4 Å². The topological polar surface area (TPSA) is 55.6 Å². The smallest absolute Gasteiger partial charge is 0.264 e. The monoisotopic (exact) mass is 368 g/mol. The summed E-state index contributed by atoms with van der Waals surface area (Å²) in [5.41, 5.74) is 6.96. The molecule has 1 aliphatic rings. The summed E-state index contributed by atoms with van der Waals surface area (Å²) >= 11 is 1.57. The first kappa shape index (κ1) is 19.0. The summed E-state index contributed by atoms with van der Waals surface area (Å²) in [6.07, 6.45) is 2.06. The van der Waals surface area contributed by atoms with Gasteiger partial charge in [0.15, 0.2) is 0 Å². The molecule has 0 bridgehead atoms. The van der Waals surface area contributed by atoms with Crippen molar-refractivity contribution in [3.63, 3.8) is 0 Å². The van der Waals surface area contributed by atoms with Gasteiger partial charge in [0.1, 0.15) is 5.75 Å². The Bertz CT molecular complexity index is 731. The second-order valence-electron chi connectivity index (χ2n) is 6.44. The van der Waals surface area contributed by atoms with Crippen molar-refractivity contribution in [3.8, 4) is 5.75 Å². The van der Waals surface area contributed by atoms with Gasteiger partial charge < -0.3 is 15.4 Å². The lowest BCUT2D eigenvalue weighted by atomic mass is 9.92. The molecule has 0 radical (unpaired) electrons.